The molecule has 6 heteroatoms. The van der Waals surface area contributed by atoms with Crippen LogP contribution in [0, 0.1) is 5.82 Å². The summed E-state index contributed by atoms with van der Waals surface area (Å²) in [5.41, 5.74) is 2.32. The van der Waals surface area contributed by atoms with E-state index >= 15 is 0 Å². The second kappa shape index (κ2) is 7.23. The van der Waals surface area contributed by atoms with Crippen LogP contribution in [0.15, 0.2) is 71.3 Å². The summed E-state index contributed by atoms with van der Waals surface area (Å²) in [5.74, 6) is -0.800. The number of anilines is 3. The van der Waals surface area contributed by atoms with E-state index in [0.29, 0.717) is 5.69 Å². The molecule has 0 bridgehead atoms. The maximum atomic E-state index is 13.1. The fraction of sp³-hybridized carbons (Fsp3) is 0. The molecule has 1 aromatic heterocycles. The van der Waals surface area contributed by atoms with Gasteiger partial charge in [0.25, 0.3) is 5.91 Å². The van der Waals surface area contributed by atoms with E-state index in [0.717, 1.165) is 15.8 Å². The summed E-state index contributed by atoms with van der Waals surface area (Å²) in [5, 5.41) is 5.80. The van der Waals surface area contributed by atoms with Crippen LogP contribution < -0.4 is 10.6 Å². The van der Waals surface area contributed by atoms with Gasteiger partial charge in [0, 0.05) is 15.8 Å². The molecule has 0 radical (unpaired) electrons. The quantitative estimate of drug-likeness (QED) is 0.665. The van der Waals surface area contributed by atoms with Gasteiger partial charge in [-0.05, 0) is 54.6 Å². The highest BCUT2D eigenvalue weighted by Gasteiger charge is 2.08. The molecule has 0 saturated heterocycles. The Morgan fingerprint density at radius 2 is 1.71 bits per heavy atom. The Bertz CT molecular complexity index is 851. The number of benzene rings is 2. The third-order valence-corrected chi connectivity index (χ3v) is 3.74. The first kappa shape index (κ1) is 16.1. The third-order valence-electron chi connectivity index (χ3n) is 3.21. The van der Waals surface area contributed by atoms with Crippen molar-refractivity contribution in [2.75, 3.05) is 10.6 Å². The minimum absolute atomic E-state index is 0.251. The number of pyridine rings is 1. The van der Waals surface area contributed by atoms with Crippen LogP contribution in [0.2, 0.25) is 0 Å². The lowest BCUT2D eigenvalue weighted by Gasteiger charge is -2.08. The number of amides is 1. The first-order chi connectivity index (χ1) is 11.6. The smallest absolute Gasteiger partial charge is 0.274 e. The highest BCUT2D eigenvalue weighted by Crippen LogP contribution is 2.19. The predicted octanol–water partition coefficient (Wildman–Crippen LogP) is 4.98. The first-order valence-electron chi connectivity index (χ1n) is 7.16. The van der Waals surface area contributed by atoms with Crippen LogP contribution in [0.25, 0.3) is 0 Å². The van der Waals surface area contributed by atoms with E-state index in [1.807, 2.05) is 24.3 Å². The van der Waals surface area contributed by atoms with Gasteiger partial charge in [-0.1, -0.05) is 22.0 Å². The average molecular weight is 386 g/mol. The lowest BCUT2D eigenvalue weighted by atomic mass is 10.2. The molecule has 0 unspecified atom stereocenters. The van der Waals surface area contributed by atoms with Gasteiger partial charge < -0.3 is 10.6 Å². The van der Waals surface area contributed by atoms with Gasteiger partial charge in [0.1, 0.15) is 11.5 Å². The van der Waals surface area contributed by atoms with Gasteiger partial charge in [-0.2, -0.15) is 0 Å². The van der Waals surface area contributed by atoms with E-state index in [1.165, 1.54) is 18.2 Å². The van der Waals surface area contributed by atoms with Gasteiger partial charge in [-0.15, -0.1) is 0 Å². The van der Waals surface area contributed by atoms with Crippen molar-refractivity contribution < 1.29 is 9.18 Å². The molecule has 3 aromatic rings. The molecule has 0 aliphatic heterocycles. The average Bonchev–Trinajstić information content (AvgIpc) is 2.57. The highest BCUT2D eigenvalue weighted by atomic mass is 79.9. The van der Waals surface area contributed by atoms with Crippen LogP contribution in [0.1, 0.15) is 10.5 Å². The van der Waals surface area contributed by atoms with Gasteiger partial charge in [0.05, 0.1) is 11.9 Å². The largest absolute Gasteiger partial charge is 0.354 e. The number of carbonyl (C=O) groups is 1. The molecule has 24 heavy (non-hydrogen) atoms. The zero-order chi connectivity index (χ0) is 16.9. The van der Waals surface area contributed by atoms with Crippen LogP contribution in [0.4, 0.5) is 21.5 Å². The zero-order valence-corrected chi connectivity index (χ0v) is 14.0. The first-order valence-corrected chi connectivity index (χ1v) is 7.95. The molecule has 0 aliphatic rings. The maximum absolute atomic E-state index is 13.1. The van der Waals surface area contributed by atoms with Crippen molar-refractivity contribution >= 4 is 38.9 Å². The van der Waals surface area contributed by atoms with E-state index < -0.39 is 11.7 Å². The predicted molar refractivity (Wildman–Crippen MR) is 96.0 cm³/mol. The van der Waals surface area contributed by atoms with Crippen LogP contribution in [0.5, 0.6) is 0 Å². The Morgan fingerprint density at radius 1 is 0.958 bits per heavy atom. The van der Waals surface area contributed by atoms with E-state index in [2.05, 4.69) is 31.5 Å². The third kappa shape index (κ3) is 4.17. The SMILES string of the molecule is O=C(Nc1cccc(F)c1)c1ccc(Nc2ccc(Br)cc2)cn1. The van der Waals surface area contributed by atoms with Gasteiger partial charge in [-0.25, -0.2) is 9.37 Å². The summed E-state index contributed by atoms with van der Waals surface area (Å²) in [6.07, 6.45) is 1.57. The number of carbonyl (C=O) groups excluding carboxylic acids is 1. The van der Waals surface area contributed by atoms with Crippen LogP contribution in [-0.4, -0.2) is 10.9 Å². The van der Waals surface area contributed by atoms with Crippen molar-refractivity contribution in [2.24, 2.45) is 0 Å². The fourth-order valence-corrected chi connectivity index (χ4v) is 2.33. The van der Waals surface area contributed by atoms with Crippen molar-refractivity contribution in [1.29, 1.82) is 0 Å². The summed E-state index contributed by atoms with van der Waals surface area (Å²) in [4.78, 5) is 16.2. The zero-order valence-electron chi connectivity index (χ0n) is 12.5. The maximum Gasteiger partial charge on any atom is 0.274 e. The summed E-state index contributed by atoms with van der Waals surface area (Å²) in [6, 6.07) is 16.8. The van der Waals surface area contributed by atoms with Crippen LogP contribution in [-0.2, 0) is 0 Å². The van der Waals surface area contributed by atoms with Crippen molar-refractivity contribution in [3.05, 3.63) is 82.8 Å². The number of hydrogen-bond acceptors (Lipinski definition) is 3. The minimum Gasteiger partial charge on any atom is -0.354 e. The highest BCUT2D eigenvalue weighted by molar-refractivity contribution is 9.10. The molecule has 1 amide bonds. The molecular weight excluding hydrogens is 373 g/mol. The van der Waals surface area contributed by atoms with E-state index in [4.69, 9.17) is 0 Å². The Hall–Kier alpha value is -2.73. The molecule has 3 rings (SSSR count). The molecule has 120 valence electrons. The molecule has 0 fully saturated rings. The number of rotatable bonds is 4. The molecule has 0 atom stereocenters. The Morgan fingerprint density at radius 3 is 2.38 bits per heavy atom. The summed E-state index contributed by atoms with van der Waals surface area (Å²) in [6.45, 7) is 0. The Kier molecular flexibility index (Phi) is 4.86. The molecule has 0 saturated carbocycles. The number of aromatic nitrogens is 1. The van der Waals surface area contributed by atoms with E-state index in [1.54, 1.807) is 24.4 Å². The van der Waals surface area contributed by atoms with Gasteiger partial charge in [0.15, 0.2) is 0 Å². The molecule has 2 aromatic carbocycles. The molecular formula is C18H13BrFN3O. The van der Waals surface area contributed by atoms with E-state index in [-0.39, 0.29) is 5.69 Å². The molecule has 0 aliphatic carbocycles. The number of nitrogens with zero attached hydrogens (tertiary/aromatic N) is 1. The van der Waals surface area contributed by atoms with Crippen LogP contribution in [0.3, 0.4) is 0 Å². The van der Waals surface area contributed by atoms with Crippen molar-refractivity contribution in [2.45, 2.75) is 0 Å². The number of nitrogens with one attached hydrogen (secondary N) is 2. The second-order valence-electron chi connectivity index (χ2n) is 5.03. The summed E-state index contributed by atoms with van der Waals surface area (Å²) in [7, 11) is 0. The summed E-state index contributed by atoms with van der Waals surface area (Å²) < 4.78 is 14.1. The number of halogens is 2. The van der Waals surface area contributed by atoms with Crippen molar-refractivity contribution in [1.82, 2.24) is 4.98 Å². The molecule has 2 N–H and O–H groups in total. The minimum atomic E-state index is -0.408. The monoisotopic (exact) mass is 385 g/mol. The molecule has 0 spiro atoms. The standard InChI is InChI=1S/C18H13BrFN3O/c19-12-4-6-14(7-5-12)22-16-8-9-17(21-11-16)18(24)23-15-3-1-2-13(20)10-15/h1-11,22H,(H,23,24). The van der Waals surface area contributed by atoms with Crippen molar-refractivity contribution in [3.8, 4) is 0 Å². The summed E-state index contributed by atoms with van der Waals surface area (Å²) >= 11 is 3.38. The Balaban J connectivity index is 1.67. The van der Waals surface area contributed by atoms with Crippen molar-refractivity contribution in [3.63, 3.8) is 0 Å². The fourth-order valence-electron chi connectivity index (χ4n) is 2.06. The topological polar surface area (TPSA) is 54.0 Å². The Labute approximate surface area is 146 Å². The van der Waals surface area contributed by atoms with Crippen LogP contribution >= 0.6 is 15.9 Å². The van der Waals surface area contributed by atoms with Gasteiger partial charge >= 0.3 is 0 Å². The lowest BCUT2D eigenvalue weighted by molar-refractivity contribution is 0.102. The van der Waals surface area contributed by atoms with Gasteiger partial charge in [-0.3, -0.25) is 4.79 Å². The second-order valence-corrected chi connectivity index (χ2v) is 5.94. The molecule has 1 heterocycles. The normalized spacial score (nSPS) is 10.2. The lowest BCUT2D eigenvalue weighted by Crippen LogP contribution is -2.13. The van der Waals surface area contributed by atoms with E-state index in [9.17, 15) is 9.18 Å². The number of hydrogen-bond donors (Lipinski definition) is 2. The molecule has 4 nitrogen and oxygen atoms in total. The van der Waals surface area contributed by atoms with Gasteiger partial charge in [0.2, 0.25) is 0 Å².